The lowest BCUT2D eigenvalue weighted by Gasteiger charge is -2.35. The Kier molecular flexibility index (Phi) is 5.74. The summed E-state index contributed by atoms with van der Waals surface area (Å²) in [5, 5.41) is 12.9. The number of carbonyl (C=O) groups excluding carboxylic acids is 1. The Balaban J connectivity index is 1.52. The summed E-state index contributed by atoms with van der Waals surface area (Å²) < 4.78 is 4.96. The second kappa shape index (κ2) is 8.19. The van der Waals surface area contributed by atoms with Gasteiger partial charge in [0.1, 0.15) is 0 Å². The Labute approximate surface area is 154 Å². The first-order valence-corrected chi connectivity index (χ1v) is 9.14. The van der Waals surface area contributed by atoms with Gasteiger partial charge in [0.25, 0.3) is 0 Å². The Morgan fingerprint density at radius 3 is 2.73 bits per heavy atom. The molecule has 1 saturated heterocycles. The predicted octanol–water partition coefficient (Wildman–Crippen LogP) is 1.95. The quantitative estimate of drug-likeness (QED) is 0.428. The zero-order valence-electron chi connectivity index (χ0n) is 14.3. The van der Waals surface area contributed by atoms with Crippen LogP contribution in [0.25, 0.3) is 0 Å². The molecule has 0 aromatic carbocycles. The minimum Gasteiger partial charge on any atom is -0.461 e. The molecule has 1 aliphatic rings. The van der Waals surface area contributed by atoms with Crippen molar-refractivity contribution in [2.45, 2.75) is 13.5 Å². The molecule has 1 fully saturated rings. The molecule has 10 heteroatoms. The van der Waals surface area contributed by atoms with Crippen LogP contribution in [0, 0.1) is 10.1 Å². The highest BCUT2D eigenvalue weighted by atomic mass is 32.1. The Bertz CT molecular complexity index is 771. The molecule has 26 heavy (non-hydrogen) atoms. The molecule has 2 aromatic rings. The number of esters is 1. The molecule has 138 valence electrons. The van der Waals surface area contributed by atoms with Gasteiger partial charge in [-0.05, 0) is 22.9 Å². The fraction of sp³-hybridized carbons (Fsp3) is 0.438. The summed E-state index contributed by atoms with van der Waals surface area (Å²) in [7, 11) is 0. The van der Waals surface area contributed by atoms with Gasteiger partial charge < -0.3 is 19.8 Å². The standard InChI is InChI=1S/C16H19N5O4S/c1-2-25-16(22)15-18-12(11-26-15)10-19-5-7-20(8-6-19)13-3-4-14(17-9-13)21(23)24/h3-4,9,11H,2,5-8,10H2,1H3. The first-order chi connectivity index (χ1) is 12.6. The number of aromatic nitrogens is 2. The van der Waals surface area contributed by atoms with Crippen molar-refractivity contribution in [1.29, 1.82) is 0 Å². The largest absolute Gasteiger partial charge is 0.461 e. The molecule has 3 heterocycles. The van der Waals surface area contributed by atoms with Gasteiger partial charge in [-0.1, -0.05) is 0 Å². The molecule has 0 N–H and O–H groups in total. The molecule has 0 amide bonds. The molecule has 0 bridgehead atoms. The molecule has 0 radical (unpaired) electrons. The maximum atomic E-state index is 11.7. The summed E-state index contributed by atoms with van der Waals surface area (Å²) in [4.78, 5) is 34.5. The van der Waals surface area contributed by atoms with Crippen LogP contribution in [-0.4, -0.2) is 58.5 Å². The van der Waals surface area contributed by atoms with Crippen LogP contribution in [-0.2, 0) is 11.3 Å². The van der Waals surface area contributed by atoms with Gasteiger partial charge in [0.2, 0.25) is 5.01 Å². The zero-order valence-corrected chi connectivity index (χ0v) is 15.1. The number of nitrogens with zero attached hydrogens (tertiary/aromatic N) is 5. The Hall–Kier alpha value is -2.59. The number of thiazole rings is 1. The number of piperazine rings is 1. The number of nitro groups is 1. The maximum absolute atomic E-state index is 11.7. The van der Waals surface area contributed by atoms with Crippen LogP contribution in [0.1, 0.15) is 22.4 Å². The van der Waals surface area contributed by atoms with E-state index in [1.54, 1.807) is 19.2 Å². The van der Waals surface area contributed by atoms with E-state index in [2.05, 4.69) is 19.8 Å². The van der Waals surface area contributed by atoms with E-state index in [9.17, 15) is 14.9 Å². The predicted molar refractivity (Wildman–Crippen MR) is 96.5 cm³/mol. The van der Waals surface area contributed by atoms with Gasteiger partial charge >= 0.3 is 11.8 Å². The average Bonchev–Trinajstić information content (AvgIpc) is 3.11. The van der Waals surface area contributed by atoms with Crippen molar-refractivity contribution in [3.63, 3.8) is 0 Å². The van der Waals surface area contributed by atoms with Crippen molar-refractivity contribution in [2.24, 2.45) is 0 Å². The molecule has 0 spiro atoms. The number of hydrogen-bond donors (Lipinski definition) is 0. The van der Waals surface area contributed by atoms with Crippen LogP contribution in [0.2, 0.25) is 0 Å². The van der Waals surface area contributed by atoms with Crippen LogP contribution < -0.4 is 4.90 Å². The molecule has 2 aromatic heterocycles. The molecular weight excluding hydrogens is 358 g/mol. The highest BCUT2D eigenvalue weighted by molar-refractivity contribution is 7.11. The van der Waals surface area contributed by atoms with E-state index in [0.29, 0.717) is 18.2 Å². The molecule has 0 atom stereocenters. The van der Waals surface area contributed by atoms with Crippen LogP contribution in [0.5, 0.6) is 0 Å². The number of ether oxygens (including phenoxy) is 1. The lowest BCUT2D eigenvalue weighted by molar-refractivity contribution is -0.389. The molecule has 0 saturated carbocycles. The Morgan fingerprint density at radius 1 is 1.35 bits per heavy atom. The molecular formula is C16H19N5O4S. The second-order valence-electron chi connectivity index (χ2n) is 5.76. The first kappa shape index (κ1) is 18.2. The first-order valence-electron chi connectivity index (χ1n) is 8.26. The van der Waals surface area contributed by atoms with Crippen LogP contribution in [0.15, 0.2) is 23.7 Å². The van der Waals surface area contributed by atoms with Crippen molar-refractivity contribution in [3.8, 4) is 0 Å². The topological polar surface area (TPSA) is 102 Å². The van der Waals surface area contributed by atoms with Crippen LogP contribution >= 0.6 is 11.3 Å². The zero-order chi connectivity index (χ0) is 18.5. The third-order valence-electron chi connectivity index (χ3n) is 4.04. The number of pyridine rings is 1. The lowest BCUT2D eigenvalue weighted by atomic mass is 10.2. The third-order valence-corrected chi connectivity index (χ3v) is 4.92. The van der Waals surface area contributed by atoms with Gasteiger partial charge in [0.15, 0.2) is 6.20 Å². The summed E-state index contributed by atoms with van der Waals surface area (Å²) in [6, 6.07) is 3.15. The third kappa shape index (κ3) is 4.33. The number of rotatable bonds is 6. The monoisotopic (exact) mass is 377 g/mol. The van der Waals surface area contributed by atoms with Crippen molar-refractivity contribution in [3.05, 3.63) is 44.5 Å². The minimum absolute atomic E-state index is 0.145. The molecule has 1 aliphatic heterocycles. The summed E-state index contributed by atoms with van der Waals surface area (Å²) in [6.45, 7) is 6.07. The van der Waals surface area contributed by atoms with Crippen molar-refractivity contribution < 1.29 is 14.5 Å². The molecule has 0 aliphatic carbocycles. The van der Waals surface area contributed by atoms with E-state index in [1.807, 2.05) is 5.38 Å². The van der Waals surface area contributed by atoms with Gasteiger partial charge in [0, 0.05) is 44.2 Å². The highest BCUT2D eigenvalue weighted by Crippen LogP contribution is 2.19. The smallest absolute Gasteiger partial charge is 0.367 e. The van der Waals surface area contributed by atoms with Crippen molar-refractivity contribution in [1.82, 2.24) is 14.9 Å². The summed E-state index contributed by atoms with van der Waals surface area (Å²) in [6.07, 6.45) is 1.54. The summed E-state index contributed by atoms with van der Waals surface area (Å²) >= 11 is 1.30. The minimum atomic E-state index is -0.500. The fourth-order valence-corrected chi connectivity index (χ4v) is 3.43. The summed E-state index contributed by atoms with van der Waals surface area (Å²) in [5.74, 6) is -0.521. The van der Waals surface area contributed by atoms with Crippen LogP contribution in [0.3, 0.4) is 0 Å². The van der Waals surface area contributed by atoms with Crippen molar-refractivity contribution >= 4 is 28.8 Å². The van der Waals surface area contributed by atoms with Gasteiger partial charge in [-0.2, -0.15) is 0 Å². The highest BCUT2D eigenvalue weighted by Gasteiger charge is 2.20. The second-order valence-corrected chi connectivity index (χ2v) is 6.62. The lowest BCUT2D eigenvalue weighted by Crippen LogP contribution is -2.46. The van der Waals surface area contributed by atoms with Gasteiger partial charge in [-0.15, -0.1) is 11.3 Å². The van der Waals surface area contributed by atoms with Crippen LogP contribution in [0.4, 0.5) is 11.5 Å². The molecule has 9 nitrogen and oxygen atoms in total. The maximum Gasteiger partial charge on any atom is 0.367 e. The average molecular weight is 377 g/mol. The normalized spacial score (nSPS) is 15.0. The van der Waals surface area contributed by atoms with E-state index >= 15 is 0 Å². The van der Waals surface area contributed by atoms with Crippen molar-refractivity contribution in [2.75, 3.05) is 37.7 Å². The van der Waals surface area contributed by atoms with E-state index in [0.717, 1.165) is 37.6 Å². The van der Waals surface area contributed by atoms with E-state index in [1.165, 1.54) is 17.4 Å². The molecule has 3 rings (SSSR count). The number of anilines is 1. The molecule has 0 unspecified atom stereocenters. The van der Waals surface area contributed by atoms with E-state index < -0.39 is 4.92 Å². The number of carbonyl (C=O) groups is 1. The fourth-order valence-electron chi connectivity index (χ4n) is 2.73. The summed E-state index contributed by atoms with van der Waals surface area (Å²) in [5.41, 5.74) is 1.75. The van der Waals surface area contributed by atoms with Gasteiger partial charge in [0.05, 0.1) is 18.0 Å². The SMILES string of the molecule is CCOC(=O)c1nc(CN2CCN(c3ccc([N+](=O)[O-])nc3)CC2)cs1. The van der Waals surface area contributed by atoms with E-state index in [4.69, 9.17) is 4.74 Å². The number of hydrogen-bond acceptors (Lipinski definition) is 9. The van der Waals surface area contributed by atoms with E-state index in [-0.39, 0.29) is 11.8 Å². The van der Waals surface area contributed by atoms with Gasteiger partial charge in [-0.3, -0.25) is 4.90 Å². The Morgan fingerprint density at radius 2 is 2.12 bits per heavy atom. The van der Waals surface area contributed by atoms with Gasteiger partial charge in [-0.25, -0.2) is 9.78 Å².